The van der Waals surface area contributed by atoms with Crippen LogP contribution in [0.2, 0.25) is 0 Å². The average Bonchev–Trinajstić information content (AvgIpc) is 3.05. The van der Waals surface area contributed by atoms with Gasteiger partial charge in [-0.2, -0.15) is 0 Å². The number of nitrogens with one attached hydrogen (secondary N) is 1. The minimum atomic E-state index is 0.269. The molecule has 1 aliphatic heterocycles. The van der Waals surface area contributed by atoms with Gasteiger partial charge in [0.15, 0.2) is 6.17 Å². The molecule has 0 aliphatic carbocycles. The maximum Gasteiger partial charge on any atom is 0.166 e. The Morgan fingerprint density at radius 2 is 1.50 bits per heavy atom. The van der Waals surface area contributed by atoms with Crippen molar-refractivity contribution >= 4 is 0 Å². The number of nitrogens with zero attached hydrogens (tertiary/aromatic N) is 1. The highest BCUT2D eigenvalue weighted by Gasteiger charge is 2.35. The van der Waals surface area contributed by atoms with Gasteiger partial charge in [0.05, 0.1) is 19.4 Å². The fourth-order valence-electron chi connectivity index (χ4n) is 4.04. The third-order valence-corrected chi connectivity index (χ3v) is 5.86. The van der Waals surface area contributed by atoms with Gasteiger partial charge in [-0.15, -0.1) is 0 Å². The third kappa shape index (κ3) is 9.23. The van der Waals surface area contributed by atoms with Crippen LogP contribution in [-0.4, -0.2) is 35.5 Å². The summed E-state index contributed by atoms with van der Waals surface area (Å²) in [6.07, 6.45) is 26.9. The minimum absolute atomic E-state index is 0.269. The van der Waals surface area contributed by atoms with Crippen molar-refractivity contribution in [3.63, 3.8) is 0 Å². The SMILES string of the molecule is CCC/C=C/CCCCCCCCCCCC1NC=C[N+]1(CC)CCO. The van der Waals surface area contributed by atoms with Gasteiger partial charge in [-0.25, -0.2) is 0 Å². The Labute approximate surface area is 163 Å². The maximum absolute atomic E-state index is 9.35. The molecule has 152 valence electrons. The molecule has 26 heavy (non-hydrogen) atoms. The lowest BCUT2D eigenvalue weighted by atomic mass is 10.0. The van der Waals surface area contributed by atoms with Crippen LogP contribution in [0.5, 0.6) is 0 Å². The van der Waals surface area contributed by atoms with E-state index in [0.717, 1.165) is 17.6 Å². The Morgan fingerprint density at radius 1 is 0.885 bits per heavy atom. The molecule has 2 N–H and O–H groups in total. The Bertz CT molecular complexity index is 380. The summed E-state index contributed by atoms with van der Waals surface area (Å²) in [5.41, 5.74) is 0. The first-order valence-corrected chi connectivity index (χ1v) is 11.3. The monoisotopic (exact) mass is 365 g/mol. The molecule has 0 aromatic carbocycles. The first-order valence-electron chi connectivity index (χ1n) is 11.3. The number of aliphatic hydroxyl groups is 1. The lowest BCUT2D eigenvalue weighted by Gasteiger charge is -2.36. The van der Waals surface area contributed by atoms with E-state index in [-0.39, 0.29) is 6.61 Å². The second-order valence-electron chi connectivity index (χ2n) is 7.88. The summed E-state index contributed by atoms with van der Waals surface area (Å²) < 4.78 is 0.907. The normalized spacial score (nSPS) is 22.3. The van der Waals surface area contributed by atoms with Gasteiger partial charge in [0, 0.05) is 6.42 Å². The summed E-state index contributed by atoms with van der Waals surface area (Å²) in [7, 11) is 0. The molecule has 0 radical (unpaired) electrons. The Morgan fingerprint density at radius 3 is 2.12 bits per heavy atom. The number of quaternary nitrogens is 1. The van der Waals surface area contributed by atoms with E-state index in [4.69, 9.17) is 0 Å². The molecule has 1 rings (SSSR count). The van der Waals surface area contributed by atoms with Gasteiger partial charge in [0.25, 0.3) is 0 Å². The molecule has 2 atom stereocenters. The van der Waals surface area contributed by atoms with E-state index >= 15 is 0 Å². The Balaban J connectivity index is 1.92. The number of hydrogen-bond acceptors (Lipinski definition) is 2. The van der Waals surface area contributed by atoms with Crippen molar-refractivity contribution in [1.82, 2.24) is 5.32 Å². The average molecular weight is 366 g/mol. The minimum Gasteiger partial charge on any atom is -0.390 e. The largest absolute Gasteiger partial charge is 0.390 e. The molecule has 0 spiro atoms. The molecule has 0 amide bonds. The van der Waals surface area contributed by atoms with E-state index in [1.807, 2.05) is 0 Å². The highest BCUT2D eigenvalue weighted by molar-refractivity contribution is 4.84. The van der Waals surface area contributed by atoms with Crippen LogP contribution in [0.3, 0.4) is 0 Å². The lowest BCUT2D eigenvalue weighted by Crippen LogP contribution is -2.54. The van der Waals surface area contributed by atoms with Crippen LogP contribution in [0.1, 0.15) is 97.3 Å². The molecule has 1 aliphatic rings. The molecule has 0 saturated carbocycles. The smallest absolute Gasteiger partial charge is 0.166 e. The Hall–Kier alpha value is -0.800. The fourth-order valence-corrected chi connectivity index (χ4v) is 4.04. The van der Waals surface area contributed by atoms with Crippen LogP contribution in [0.15, 0.2) is 24.6 Å². The number of likely N-dealkylation sites (N-methyl/N-ethyl adjacent to an activating group) is 1. The summed E-state index contributed by atoms with van der Waals surface area (Å²) in [6.45, 7) is 6.62. The van der Waals surface area contributed by atoms with Crippen molar-refractivity contribution in [3.05, 3.63) is 24.6 Å². The molecule has 0 aromatic rings. The molecule has 3 nitrogen and oxygen atoms in total. The summed E-state index contributed by atoms with van der Waals surface area (Å²) in [5, 5.41) is 12.9. The fraction of sp³-hybridized carbons (Fsp3) is 0.826. The van der Waals surface area contributed by atoms with E-state index in [1.165, 1.54) is 83.5 Å². The van der Waals surface area contributed by atoms with E-state index in [9.17, 15) is 5.11 Å². The van der Waals surface area contributed by atoms with Gasteiger partial charge < -0.3 is 10.4 Å². The number of hydrogen-bond donors (Lipinski definition) is 2. The van der Waals surface area contributed by atoms with Crippen molar-refractivity contribution in [2.24, 2.45) is 0 Å². The highest BCUT2D eigenvalue weighted by Crippen LogP contribution is 2.22. The number of rotatable bonds is 17. The predicted octanol–water partition coefficient (Wildman–Crippen LogP) is 5.86. The summed E-state index contributed by atoms with van der Waals surface area (Å²) in [5.74, 6) is 0. The molecule has 0 aromatic heterocycles. The van der Waals surface area contributed by atoms with Gasteiger partial charge >= 0.3 is 0 Å². The molecule has 3 heteroatoms. The van der Waals surface area contributed by atoms with E-state index in [1.54, 1.807) is 0 Å². The van der Waals surface area contributed by atoms with Gasteiger partial charge in [0.2, 0.25) is 0 Å². The quantitative estimate of drug-likeness (QED) is 0.192. The zero-order chi connectivity index (χ0) is 18.9. The van der Waals surface area contributed by atoms with E-state index in [0.29, 0.717) is 6.17 Å². The van der Waals surface area contributed by atoms with Crippen LogP contribution in [-0.2, 0) is 0 Å². The molecule has 0 saturated heterocycles. The first-order chi connectivity index (χ1) is 12.8. The zero-order valence-electron chi connectivity index (χ0n) is 17.6. The molecule has 2 unspecified atom stereocenters. The van der Waals surface area contributed by atoms with Crippen molar-refractivity contribution in [2.75, 3.05) is 19.7 Å². The third-order valence-electron chi connectivity index (χ3n) is 5.86. The van der Waals surface area contributed by atoms with Crippen molar-refractivity contribution < 1.29 is 9.59 Å². The second kappa shape index (κ2) is 15.3. The molecular formula is C23H45N2O+. The topological polar surface area (TPSA) is 32.3 Å². The molecule has 0 bridgehead atoms. The standard InChI is InChI=1S/C23H45N2O/c1-3-5-6-7-8-9-10-11-12-13-14-15-16-17-18-23-24-19-20-25(23,4-2)21-22-26/h6-7,19-20,23-24,26H,3-5,8-18,21-22H2,1-2H3/q+1/b7-6+. The molecule has 1 heterocycles. The Kier molecular flexibility index (Phi) is 13.7. The first kappa shape index (κ1) is 23.2. The second-order valence-corrected chi connectivity index (χ2v) is 7.88. The highest BCUT2D eigenvalue weighted by atomic mass is 16.3. The van der Waals surface area contributed by atoms with Crippen LogP contribution in [0.25, 0.3) is 0 Å². The van der Waals surface area contributed by atoms with Crippen LogP contribution in [0.4, 0.5) is 0 Å². The van der Waals surface area contributed by atoms with Gasteiger partial charge in [-0.05, 0) is 32.6 Å². The predicted molar refractivity (Wildman–Crippen MR) is 114 cm³/mol. The number of aliphatic hydroxyl groups excluding tert-OH is 1. The van der Waals surface area contributed by atoms with Crippen molar-refractivity contribution in [1.29, 1.82) is 0 Å². The zero-order valence-corrected chi connectivity index (χ0v) is 17.6. The van der Waals surface area contributed by atoms with Crippen LogP contribution < -0.4 is 5.32 Å². The van der Waals surface area contributed by atoms with Crippen molar-refractivity contribution in [2.45, 2.75) is 103 Å². The van der Waals surface area contributed by atoms with Crippen LogP contribution in [0, 0.1) is 0 Å². The molecule has 0 fully saturated rings. The van der Waals surface area contributed by atoms with E-state index < -0.39 is 0 Å². The van der Waals surface area contributed by atoms with Gasteiger partial charge in [-0.3, -0.25) is 4.48 Å². The van der Waals surface area contributed by atoms with Crippen molar-refractivity contribution in [3.8, 4) is 0 Å². The lowest BCUT2D eigenvalue weighted by molar-refractivity contribution is -0.900. The summed E-state index contributed by atoms with van der Waals surface area (Å²) in [4.78, 5) is 0. The van der Waals surface area contributed by atoms with Crippen LogP contribution >= 0.6 is 0 Å². The van der Waals surface area contributed by atoms with Gasteiger partial charge in [-0.1, -0.05) is 70.4 Å². The summed E-state index contributed by atoms with van der Waals surface area (Å²) >= 11 is 0. The maximum atomic E-state index is 9.35. The number of allylic oxidation sites excluding steroid dienone is 2. The van der Waals surface area contributed by atoms with Gasteiger partial charge in [0.1, 0.15) is 12.7 Å². The summed E-state index contributed by atoms with van der Waals surface area (Å²) in [6, 6.07) is 0. The number of unbranched alkanes of at least 4 members (excludes halogenated alkanes) is 10. The van der Waals surface area contributed by atoms with E-state index in [2.05, 4.69) is 43.7 Å². The molecular weight excluding hydrogens is 320 g/mol.